The van der Waals surface area contributed by atoms with Gasteiger partial charge in [-0.1, -0.05) is 12.1 Å². The number of benzene rings is 1. The lowest BCUT2D eigenvalue weighted by molar-refractivity contribution is 0.0697. The fourth-order valence-electron chi connectivity index (χ4n) is 3.34. The minimum absolute atomic E-state index is 0.174. The van der Waals surface area contributed by atoms with Gasteiger partial charge in [-0.3, -0.25) is 9.98 Å². The van der Waals surface area contributed by atoms with Crippen LogP contribution in [-0.2, 0) is 0 Å². The number of ether oxygens (including phenoxy) is 1. The van der Waals surface area contributed by atoms with Crippen molar-refractivity contribution in [3.05, 3.63) is 53.3 Å². The lowest BCUT2D eigenvalue weighted by Gasteiger charge is -2.25. The molecule has 0 spiro atoms. The van der Waals surface area contributed by atoms with E-state index in [1.165, 1.54) is 42.4 Å². The predicted molar refractivity (Wildman–Crippen MR) is 95.2 cm³/mol. The zero-order valence-electron chi connectivity index (χ0n) is 13.9. The van der Waals surface area contributed by atoms with E-state index in [1.807, 2.05) is 0 Å². The average Bonchev–Trinajstić information content (AvgIpc) is 3.47. The van der Waals surface area contributed by atoms with Crippen molar-refractivity contribution < 1.29 is 14.6 Å². The topological polar surface area (TPSA) is 71.8 Å². The number of carboxylic acids is 1. The van der Waals surface area contributed by atoms with Gasteiger partial charge in [-0.05, 0) is 60.8 Å². The van der Waals surface area contributed by atoms with E-state index in [0.717, 1.165) is 24.5 Å². The first-order valence-corrected chi connectivity index (χ1v) is 8.69. The highest BCUT2D eigenvalue weighted by atomic mass is 16.5. The zero-order valence-corrected chi connectivity index (χ0v) is 13.9. The Bertz CT molecular complexity index is 827. The number of hydrogen-bond donors (Lipinski definition) is 1. The Labute approximate surface area is 146 Å². The molecule has 25 heavy (non-hydrogen) atoms. The number of aromatic carboxylic acids is 1. The summed E-state index contributed by atoms with van der Waals surface area (Å²) in [5, 5.41) is 9.20. The fourth-order valence-corrected chi connectivity index (χ4v) is 3.34. The molecule has 1 saturated carbocycles. The summed E-state index contributed by atoms with van der Waals surface area (Å²) in [6.07, 6.45) is 9.03. The van der Waals surface area contributed by atoms with Crippen molar-refractivity contribution in [1.29, 1.82) is 0 Å². The molecule has 5 nitrogen and oxygen atoms in total. The summed E-state index contributed by atoms with van der Waals surface area (Å²) < 4.78 is 5.86. The molecule has 1 aromatic carbocycles. The van der Waals surface area contributed by atoms with Gasteiger partial charge < -0.3 is 9.84 Å². The molecule has 1 fully saturated rings. The predicted octanol–water partition coefficient (Wildman–Crippen LogP) is 4.32. The normalized spacial score (nSPS) is 19.4. The molecule has 2 heterocycles. The van der Waals surface area contributed by atoms with Gasteiger partial charge in [0.15, 0.2) is 0 Å². The number of pyridine rings is 1. The molecular weight excluding hydrogens is 316 g/mol. The van der Waals surface area contributed by atoms with E-state index < -0.39 is 5.97 Å². The van der Waals surface area contributed by atoms with Gasteiger partial charge in [0, 0.05) is 12.4 Å². The van der Waals surface area contributed by atoms with E-state index in [2.05, 4.69) is 28.2 Å². The maximum atomic E-state index is 11.2. The first-order valence-electron chi connectivity index (χ1n) is 8.69. The van der Waals surface area contributed by atoms with Crippen LogP contribution in [0.3, 0.4) is 0 Å². The van der Waals surface area contributed by atoms with Crippen molar-refractivity contribution in [2.45, 2.75) is 37.5 Å². The number of aromatic nitrogens is 1. The smallest absolute Gasteiger partial charge is 0.338 e. The Morgan fingerprint density at radius 1 is 1.32 bits per heavy atom. The van der Waals surface area contributed by atoms with Crippen molar-refractivity contribution in [2.75, 3.05) is 6.61 Å². The number of carboxylic acid groups (broad SMARTS) is 1. The Hall–Kier alpha value is -2.69. The third-order valence-electron chi connectivity index (χ3n) is 4.90. The monoisotopic (exact) mass is 336 g/mol. The number of hydrogen-bond acceptors (Lipinski definition) is 4. The highest BCUT2D eigenvalue weighted by molar-refractivity contribution is 5.93. The Balaban J connectivity index is 1.50. The molecule has 1 atom stereocenters. The van der Waals surface area contributed by atoms with Crippen LogP contribution in [0.5, 0.6) is 5.75 Å². The van der Waals surface area contributed by atoms with Crippen LogP contribution in [0.1, 0.15) is 59.0 Å². The Morgan fingerprint density at radius 2 is 2.20 bits per heavy atom. The van der Waals surface area contributed by atoms with E-state index in [4.69, 9.17) is 4.74 Å². The standard InChI is InChI=1S/C20H20N2O3/c23-20(24)17-6-8-21-12-18(17)22-9-5-14-7-10-25-19-11-15(13-1-2-13)3-4-16(14)19/h3-4,6,8-9,11-14H,1-2,5,7,10H2,(H,23,24). The van der Waals surface area contributed by atoms with Crippen molar-refractivity contribution in [2.24, 2.45) is 4.99 Å². The Morgan fingerprint density at radius 3 is 3.00 bits per heavy atom. The molecule has 1 N–H and O–H groups in total. The largest absolute Gasteiger partial charge is 0.493 e. The van der Waals surface area contributed by atoms with E-state index in [9.17, 15) is 9.90 Å². The minimum atomic E-state index is -0.987. The van der Waals surface area contributed by atoms with Crippen molar-refractivity contribution in [3.8, 4) is 5.75 Å². The number of aliphatic imine (C=N–C) groups is 1. The van der Waals surface area contributed by atoms with Crippen LogP contribution >= 0.6 is 0 Å². The van der Waals surface area contributed by atoms with Gasteiger partial charge in [-0.25, -0.2) is 4.79 Å². The lowest BCUT2D eigenvalue weighted by atomic mass is 9.89. The van der Waals surface area contributed by atoms with Crippen molar-refractivity contribution in [1.82, 2.24) is 4.98 Å². The van der Waals surface area contributed by atoms with Gasteiger partial charge >= 0.3 is 5.97 Å². The van der Waals surface area contributed by atoms with Crippen LogP contribution in [0, 0.1) is 0 Å². The molecule has 5 heteroatoms. The van der Waals surface area contributed by atoms with E-state index in [0.29, 0.717) is 18.2 Å². The quantitative estimate of drug-likeness (QED) is 0.826. The van der Waals surface area contributed by atoms with Crippen molar-refractivity contribution in [3.63, 3.8) is 0 Å². The second-order valence-corrected chi connectivity index (χ2v) is 6.65. The van der Waals surface area contributed by atoms with Crippen LogP contribution in [0.25, 0.3) is 0 Å². The highest BCUT2D eigenvalue weighted by Crippen LogP contribution is 2.44. The van der Waals surface area contributed by atoms with E-state index >= 15 is 0 Å². The van der Waals surface area contributed by atoms with E-state index in [-0.39, 0.29) is 5.56 Å². The zero-order chi connectivity index (χ0) is 17.2. The van der Waals surface area contributed by atoms with Crippen LogP contribution in [-0.4, -0.2) is 28.9 Å². The number of rotatable bonds is 5. The molecule has 2 aliphatic rings. The molecule has 4 rings (SSSR count). The van der Waals surface area contributed by atoms with Gasteiger partial charge in [-0.15, -0.1) is 0 Å². The van der Waals surface area contributed by atoms with Gasteiger partial charge in [0.1, 0.15) is 5.75 Å². The number of carbonyl (C=O) groups is 1. The summed E-state index contributed by atoms with van der Waals surface area (Å²) in [5.74, 6) is 1.08. The van der Waals surface area contributed by atoms with Gasteiger partial charge in [0.05, 0.1) is 24.1 Å². The SMILES string of the molecule is O=C(O)c1ccncc1N=CCC1CCOc2cc(C3CC3)ccc21. The third-order valence-corrected chi connectivity index (χ3v) is 4.90. The maximum absolute atomic E-state index is 11.2. The second kappa shape index (κ2) is 6.67. The van der Waals surface area contributed by atoms with Crippen LogP contribution in [0.15, 0.2) is 41.7 Å². The van der Waals surface area contributed by atoms with E-state index in [1.54, 1.807) is 6.21 Å². The maximum Gasteiger partial charge on any atom is 0.338 e. The van der Waals surface area contributed by atoms with Crippen LogP contribution in [0.4, 0.5) is 5.69 Å². The van der Waals surface area contributed by atoms with Gasteiger partial charge in [-0.2, -0.15) is 0 Å². The first kappa shape index (κ1) is 15.8. The number of fused-ring (bicyclic) bond motifs is 1. The first-order chi connectivity index (χ1) is 12.2. The molecule has 0 radical (unpaired) electrons. The van der Waals surface area contributed by atoms with Crippen LogP contribution in [0.2, 0.25) is 0 Å². The molecule has 0 amide bonds. The minimum Gasteiger partial charge on any atom is -0.493 e. The molecule has 0 bridgehead atoms. The molecule has 1 unspecified atom stereocenters. The molecule has 0 saturated heterocycles. The molecule has 1 aliphatic heterocycles. The third kappa shape index (κ3) is 3.40. The summed E-state index contributed by atoms with van der Waals surface area (Å²) in [6.45, 7) is 0.715. The number of nitrogens with zero attached hydrogens (tertiary/aromatic N) is 2. The summed E-state index contributed by atoms with van der Waals surface area (Å²) in [7, 11) is 0. The summed E-state index contributed by atoms with van der Waals surface area (Å²) >= 11 is 0. The fraction of sp³-hybridized carbons (Fsp3) is 0.350. The molecule has 128 valence electrons. The summed E-state index contributed by atoms with van der Waals surface area (Å²) in [5.41, 5.74) is 3.18. The average molecular weight is 336 g/mol. The van der Waals surface area contributed by atoms with Gasteiger partial charge in [0.2, 0.25) is 0 Å². The molecule has 1 aliphatic carbocycles. The van der Waals surface area contributed by atoms with Crippen LogP contribution < -0.4 is 4.74 Å². The lowest BCUT2D eigenvalue weighted by Crippen LogP contribution is -2.14. The Kier molecular flexibility index (Phi) is 4.22. The van der Waals surface area contributed by atoms with Gasteiger partial charge in [0.25, 0.3) is 0 Å². The molecular formula is C20H20N2O3. The summed E-state index contributed by atoms with van der Waals surface area (Å²) in [6, 6.07) is 8.07. The highest BCUT2D eigenvalue weighted by Gasteiger charge is 2.27. The van der Waals surface area contributed by atoms with Crippen molar-refractivity contribution >= 4 is 17.9 Å². The molecule has 2 aromatic rings. The molecule has 1 aromatic heterocycles. The summed E-state index contributed by atoms with van der Waals surface area (Å²) in [4.78, 5) is 19.5. The second-order valence-electron chi connectivity index (χ2n) is 6.65.